The van der Waals surface area contributed by atoms with Gasteiger partial charge in [0.1, 0.15) is 11.6 Å². The van der Waals surface area contributed by atoms with Crippen molar-refractivity contribution < 1.29 is 13.7 Å². The zero-order valence-electron chi connectivity index (χ0n) is 17.6. The van der Waals surface area contributed by atoms with Gasteiger partial charge in [0.2, 0.25) is 0 Å². The molecule has 0 bridgehead atoms. The molecule has 3 aromatic rings. The number of amides is 1. The van der Waals surface area contributed by atoms with Crippen LogP contribution >= 0.6 is 0 Å². The van der Waals surface area contributed by atoms with Gasteiger partial charge in [-0.05, 0) is 63.6 Å². The molecule has 1 aliphatic rings. The lowest BCUT2D eigenvalue weighted by Gasteiger charge is -2.14. The number of fused-ring (bicyclic) bond motifs is 1. The number of anilines is 1. The third-order valence-corrected chi connectivity index (χ3v) is 6.18. The Hall–Kier alpha value is -2.93. The Labute approximate surface area is 178 Å². The van der Waals surface area contributed by atoms with Crippen LogP contribution in [0.15, 0.2) is 42.5 Å². The van der Waals surface area contributed by atoms with E-state index in [0.717, 1.165) is 33.8 Å². The number of ether oxygens (including phenoxy) is 1. The van der Waals surface area contributed by atoms with E-state index in [0.29, 0.717) is 22.9 Å². The fourth-order valence-corrected chi connectivity index (χ4v) is 4.87. The SMILES string of the molecule is Cc1ccc(-n2nc3c(c2NC(=O)c2ccc(OC(C)C)cc2)C[S@](=O)C3)c(C)c1. The quantitative estimate of drug-likeness (QED) is 0.664. The molecule has 6 nitrogen and oxygen atoms in total. The molecule has 0 saturated heterocycles. The Morgan fingerprint density at radius 3 is 2.53 bits per heavy atom. The van der Waals surface area contributed by atoms with Crippen LogP contribution in [0.3, 0.4) is 0 Å². The van der Waals surface area contributed by atoms with Crippen molar-refractivity contribution in [1.82, 2.24) is 9.78 Å². The van der Waals surface area contributed by atoms with Gasteiger partial charge >= 0.3 is 0 Å². The second kappa shape index (κ2) is 8.07. The average Bonchev–Trinajstić information content (AvgIpc) is 3.19. The molecule has 7 heteroatoms. The summed E-state index contributed by atoms with van der Waals surface area (Å²) in [6.07, 6.45) is 0.0697. The van der Waals surface area contributed by atoms with Crippen LogP contribution in [-0.2, 0) is 22.3 Å². The van der Waals surface area contributed by atoms with Crippen molar-refractivity contribution in [3.8, 4) is 11.4 Å². The summed E-state index contributed by atoms with van der Waals surface area (Å²) in [7, 11) is -0.984. The maximum Gasteiger partial charge on any atom is 0.256 e. The van der Waals surface area contributed by atoms with E-state index in [1.54, 1.807) is 28.9 Å². The fourth-order valence-electron chi connectivity index (χ4n) is 3.61. The van der Waals surface area contributed by atoms with Crippen molar-refractivity contribution in [2.45, 2.75) is 45.3 Å². The van der Waals surface area contributed by atoms with E-state index in [4.69, 9.17) is 4.74 Å². The van der Waals surface area contributed by atoms with Gasteiger partial charge in [-0.3, -0.25) is 9.00 Å². The maximum absolute atomic E-state index is 13.0. The number of aromatic nitrogens is 2. The highest BCUT2D eigenvalue weighted by Crippen LogP contribution is 2.32. The lowest BCUT2D eigenvalue weighted by molar-refractivity contribution is 0.102. The molecule has 0 saturated carbocycles. The molecule has 1 N–H and O–H groups in total. The summed E-state index contributed by atoms with van der Waals surface area (Å²) in [4.78, 5) is 13.0. The minimum absolute atomic E-state index is 0.0697. The molecule has 30 heavy (non-hydrogen) atoms. The van der Waals surface area contributed by atoms with E-state index >= 15 is 0 Å². The highest BCUT2D eigenvalue weighted by atomic mass is 32.2. The first kappa shape index (κ1) is 20.3. The van der Waals surface area contributed by atoms with Gasteiger partial charge in [0.15, 0.2) is 0 Å². The fraction of sp³-hybridized carbons (Fsp3) is 0.304. The smallest absolute Gasteiger partial charge is 0.256 e. The highest BCUT2D eigenvalue weighted by Gasteiger charge is 2.29. The standard InChI is InChI=1S/C23H25N3O3S/c1-14(2)29-18-8-6-17(7-9-18)23(27)24-22-19-12-30(28)13-20(19)25-26(22)21-10-5-15(3)11-16(21)4/h5-11,14H,12-13H2,1-4H3,(H,24,27)/t30-/m0/s1. The Morgan fingerprint density at radius 2 is 1.87 bits per heavy atom. The Morgan fingerprint density at radius 1 is 1.13 bits per heavy atom. The van der Waals surface area contributed by atoms with Gasteiger partial charge in [-0.15, -0.1) is 0 Å². The molecule has 1 aromatic heterocycles. The van der Waals surface area contributed by atoms with Crippen LogP contribution in [0.2, 0.25) is 0 Å². The van der Waals surface area contributed by atoms with E-state index in [1.807, 2.05) is 39.8 Å². The summed E-state index contributed by atoms with van der Waals surface area (Å²) in [6.45, 7) is 7.98. The molecule has 0 unspecified atom stereocenters. The van der Waals surface area contributed by atoms with Crippen LogP contribution < -0.4 is 10.1 Å². The molecule has 156 valence electrons. The van der Waals surface area contributed by atoms with E-state index in [2.05, 4.69) is 16.5 Å². The van der Waals surface area contributed by atoms with Crippen molar-refractivity contribution in [3.63, 3.8) is 0 Å². The zero-order chi connectivity index (χ0) is 21.4. The Balaban J connectivity index is 1.68. The number of benzene rings is 2. The number of hydrogen-bond donors (Lipinski definition) is 1. The molecule has 1 amide bonds. The molecule has 0 spiro atoms. The van der Waals surface area contributed by atoms with Gasteiger partial charge in [-0.25, -0.2) is 4.68 Å². The monoisotopic (exact) mass is 423 g/mol. The zero-order valence-corrected chi connectivity index (χ0v) is 18.4. The van der Waals surface area contributed by atoms with E-state index in [1.165, 1.54) is 0 Å². The van der Waals surface area contributed by atoms with Gasteiger partial charge in [0.05, 0.1) is 29.0 Å². The van der Waals surface area contributed by atoms with Gasteiger partial charge in [0, 0.05) is 21.9 Å². The molecule has 0 fully saturated rings. The molecule has 0 aliphatic carbocycles. The third-order valence-electron chi connectivity index (χ3n) is 4.97. The summed E-state index contributed by atoms with van der Waals surface area (Å²) in [5.41, 5.74) is 5.27. The normalized spacial score (nSPS) is 15.3. The number of carbonyl (C=O) groups is 1. The van der Waals surface area contributed by atoms with Crippen molar-refractivity contribution in [2.75, 3.05) is 5.32 Å². The molecular weight excluding hydrogens is 398 g/mol. The Kier molecular flexibility index (Phi) is 5.47. The van der Waals surface area contributed by atoms with Crippen molar-refractivity contribution >= 4 is 22.5 Å². The molecule has 1 atom stereocenters. The molecule has 2 heterocycles. The first-order valence-electron chi connectivity index (χ1n) is 9.93. The minimum atomic E-state index is -0.984. The number of hydrogen-bond acceptors (Lipinski definition) is 4. The Bertz CT molecular complexity index is 1130. The average molecular weight is 424 g/mol. The van der Waals surface area contributed by atoms with Gasteiger partial charge in [-0.2, -0.15) is 5.10 Å². The number of nitrogens with one attached hydrogen (secondary N) is 1. The molecule has 4 rings (SSSR count). The van der Waals surface area contributed by atoms with Crippen molar-refractivity contribution in [2.24, 2.45) is 0 Å². The second-order valence-corrected chi connectivity index (χ2v) is 9.31. The first-order valence-corrected chi connectivity index (χ1v) is 11.4. The van der Waals surface area contributed by atoms with Crippen LogP contribution in [-0.4, -0.2) is 26.0 Å². The summed E-state index contributed by atoms with van der Waals surface area (Å²) >= 11 is 0. The number of carbonyl (C=O) groups excluding carboxylic acids is 1. The van der Waals surface area contributed by atoms with E-state index in [9.17, 15) is 9.00 Å². The minimum Gasteiger partial charge on any atom is -0.491 e. The largest absolute Gasteiger partial charge is 0.491 e. The maximum atomic E-state index is 13.0. The molecule has 1 aliphatic heterocycles. The van der Waals surface area contributed by atoms with Crippen LogP contribution in [0, 0.1) is 13.8 Å². The molecule has 0 radical (unpaired) electrons. The van der Waals surface area contributed by atoms with Crippen LogP contribution in [0.5, 0.6) is 5.75 Å². The number of rotatable bonds is 5. The van der Waals surface area contributed by atoms with E-state index in [-0.39, 0.29) is 12.0 Å². The lowest BCUT2D eigenvalue weighted by Crippen LogP contribution is -2.17. The lowest BCUT2D eigenvalue weighted by atomic mass is 10.1. The van der Waals surface area contributed by atoms with Gasteiger partial charge < -0.3 is 10.1 Å². The summed E-state index contributed by atoms with van der Waals surface area (Å²) < 4.78 is 19.5. The van der Waals surface area contributed by atoms with Crippen LogP contribution in [0.1, 0.15) is 46.6 Å². The summed E-state index contributed by atoms with van der Waals surface area (Å²) in [6, 6.07) is 13.2. The van der Waals surface area contributed by atoms with Crippen molar-refractivity contribution in [1.29, 1.82) is 0 Å². The summed E-state index contributed by atoms with van der Waals surface area (Å²) in [5.74, 6) is 1.89. The van der Waals surface area contributed by atoms with Gasteiger partial charge in [-0.1, -0.05) is 17.7 Å². The second-order valence-electron chi connectivity index (χ2n) is 7.85. The number of nitrogens with zero attached hydrogens (tertiary/aromatic N) is 2. The van der Waals surface area contributed by atoms with Gasteiger partial charge in [0.25, 0.3) is 5.91 Å². The molecular formula is C23H25N3O3S. The number of aryl methyl sites for hydroxylation is 2. The summed E-state index contributed by atoms with van der Waals surface area (Å²) in [5, 5.41) is 7.70. The van der Waals surface area contributed by atoms with E-state index < -0.39 is 10.8 Å². The first-order chi connectivity index (χ1) is 14.3. The third kappa shape index (κ3) is 4.03. The topological polar surface area (TPSA) is 73.2 Å². The highest BCUT2D eigenvalue weighted by molar-refractivity contribution is 7.83. The van der Waals surface area contributed by atoms with Crippen LogP contribution in [0.25, 0.3) is 5.69 Å². The van der Waals surface area contributed by atoms with Crippen molar-refractivity contribution in [3.05, 3.63) is 70.4 Å². The predicted octanol–water partition coefficient (Wildman–Crippen LogP) is 4.29. The van der Waals surface area contributed by atoms with Crippen LogP contribution in [0.4, 0.5) is 5.82 Å². The predicted molar refractivity (Wildman–Crippen MR) is 119 cm³/mol. The molecule has 2 aromatic carbocycles.